The Morgan fingerprint density at radius 2 is 2.24 bits per heavy atom. The van der Waals surface area contributed by atoms with Crippen LogP contribution in [0.5, 0.6) is 11.6 Å². The molecule has 3 rings (SSSR count). The first-order valence-electron chi connectivity index (χ1n) is 5.08. The molecular weight excluding hydrogens is 216 g/mol. The van der Waals surface area contributed by atoms with Crippen molar-refractivity contribution in [3.05, 3.63) is 41.2 Å². The number of hydrogen-bond acceptors (Lipinski definition) is 5. The van der Waals surface area contributed by atoms with E-state index >= 15 is 0 Å². The maximum Gasteiger partial charge on any atom is 0.227 e. The number of ether oxygens (including phenoxy) is 1. The van der Waals surface area contributed by atoms with Gasteiger partial charge in [-0.3, -0.25) is 0 Å². The molecule has 0 fully saturated rings. The van der Waals surface area contributed by atoms with Crippen LogP contribution in [0.1, 0.15) is 16.7 Å². The van der Waals surface area contributed by atoms with E-state index in [1.165, 1.54) is 6.33 Å². The van der Waals surface area contributed by atoms with Gasteiger partial charge in [0.05, 0.1) is 17.2 Å². The van der Waals surface area contributed by atoms with Crippen molar-refractivity contribution in [3.8, 4) is 17.7 Å². The second kappa shape index (κ2) is 3.46. The summed E-state index contributed by atoms with van der Waals surface area (Å²) < 4.78 is 5.62. The van der Waals surface area contributed by atoms with Crippen molar-refractivity contribution in [1.29, 1.82) is 5.26 Å². The molecule has 1 aliphatic rings. The molecule has 0 radical (unpaired) electrons. The molecular formula is C12H8N4O. The van der Waals surface area contributed by atoms with Crippen molar-refractivity contribution in [3.63, 3.8) is 0 Å². The summed E-state index contributed by atoms with van der Waals surface area (Å²) in [4.78, 5) is 7.97. The quantitative estimate of drug-likeness (QED) is 0.627. The fraction of sp³-hybridized carbons (Fsp3) is 0.0833. The molecule has 0 saturated heterocycles. The largest absolute Gasteiger partial charge is 0.438 e. The normalized spacial score (nSPS) is 11.9. The highest BCUT2D eigenvalue weighted by Crippen LogP contribution is 2.36. The summed E-state index contributed by atoms with van der Waals surface area (Å²) in [5.41, 5.74) is 8.12. The van der Waals surface area contributed by atoms with E-state index in [4.69, 9.17) is 15.7 Å². The van der Waals surface area contributed by atoms with Crippen LogP contribution in [0, 0.1) is 11.3 Å². The van der Waals surface area contributed by atoms with Gasteiger partial charge in [0, 0.05) is 6.42 Å². The van der Waals surface area contributed by atoms with Crippen molar-refractivity contribution >= 4 is 5.82 Å². The molecule has 0 unspecified atom stereocenters. The number of benzene rings is 1. The summed E-state index contributed by atoms with van der Waals surface area (Å²) in [7, 11) is 0. The Kier molecular flexibility index (Phi) is 1.95. The fourth-order valence-corrected chi connectivity index (χ4v) is 1.82. The number of nitrogens with two attached hydrogens (primary N) is 1. The standard InChI is InChI=1S/C12H8N4O/c13-5-7-1-2-8-4-9-11(14)15-6-16-12(9)17-10(8)3-7/h1-3,6H,4H2,(H2,14,15,16). The topological polar surface area (TPSA) is 84.8 Å². The zero-order valence-electron chi connectivity index (χ0n) is 8.84. The lowest BCUT2D eigenvalue weighted by Crippen LogP contribution is -2.09. The average molecular weight is 224 g/mol. The van der Waals surface area contributed by atoms with Gasteiger partial charge < -0.3 is 10.5 Å². The van der Waals surface area contributed by atoms with Crippen LogP contribution in [-0.4, -0.2) is 9.97 Å². The van der Waals surface area contributed by atoms with Crippen LogP contribution in [0.15, 0.2) is 24.5 Å². The number of nitrogen functional groups attached to an aromatic ring is 1. The lowest BCUT2D eigenvalue weighted by molar-refractivity contribution is 0.439. The Morgan fingerprint density at radius 1 is 1.35 bits per heavy atom. The first kappa shape index (κ1) is 9.60. The van der Waals surface area contributed by atoms with Crippen LogP contribution in [0.4, 0.5) is 5.82 Å². The molecule has 0 bridgehead atoms. The predicted molar refractivity (Wildman–Crippen MR) is 60.5 cm³/mol. The molecule has 82 valence electrons. The van der Waals surface area contributed by atoms with Gasteiger partial charge in [-0.15, -0.1) is 0 Å². The molecule has 0 saturated carbocycles. The first-order valence-corrected chi connectivity index (χ1v) is 5.08. The molecule has 2 N–H and O–H groups in total. The number of aromatic nitrogens is 2. The van der Waals surface area contributed by atoms with Crippen LogP contribution < -0.4 is 10.5 Å². The Labute approximate surface area is 97.5 Å². The monoisotopic (exact) mass is 224 g/mol. The highest BCUT2D eigenvalue weighted by Gasteiger charge is 2.20. The molecule has 2 heterocycles. The first-order chi connectivity index (χ1) is 8.28. The fourth-order valence-electron chi connectivity index (χ4n) is 1.82. The van der Waals surface area contributed by atoms with Gasteiger partial charge in [-0.2, -0.15) is 5.26 Å². The van der Waals surface area contributed by atoms with Gasteiger partial charge >= 0.3 is 0 Å². The zero-order valence-corrected chi connectivity index (χ0v) is 8.84. The van der Waals surface area contributed by atoms with Gasteiger partial charge in [0.25, 0.3) is 0 Å². The lowest BCUT2D eigenvalue weighted by Gasteiger charge is -2.19. The summed E-state index contributed by atoms with van der Waals surface area (Å²) in [6.07, 6.45) is 2.00. The molecule has 5 nitrogen and oxygen atoms in total. The van der Waals surface area contributed by atoms with E-state index in [0.717, 1.165) is 11.1 Å². The average Bonchev–Trinajstić information content (AvgIpc) is 2.36. The number of hydrogen-bond donors (Lipinski definition) is 1. The molecule has 1 aromatic carbocycles. The molecule has 1 aromatic heterocycles. The van der Waals surface area contributed by atoms with E-state index in [1.54, 1.807) is 12.1 Å². The third-order valence-corrected chi connectivity index (χ3v) is 2.71. The van der Waals surface area contributed by atoms with Crippen molar-refractivity contribution in [2.75, 3.05) is 5.73 Å². The number of nitriles is 1. The van der Waals surface area contributed by atoms with E-state index in [-0.39, 0.29) is 0 Å². The van der Waals surface area contributed by atoms with Crippen LogP contribution >= 0.6 is 0 Å². The van der Waals surface area contributed by atoms with E-state index in [9.17, 15) is 0 Å². The van der Waals surface area contributed by atoms with Crippen molar-refractivity contribution in [2.45, 2.75) is 6.42 Å². The predicted octanol–water partition coefficient (Wildman–Crippen LogP) is 1.63. The molecule has 1 aliphatic heterocycles. The van der Waals surface area contributed by atoms with Crippen LogP contribution in [-0.2, 0) is 6.42 Å². The van der Waals surface area contributed by atoms with Crippen molar-refractivity contribution in [2.24, 2.45) is 0 Å². The highest BCUT2D eigenvalue weighted by atomic mass is 16.5. The summed E-state index contributed by atoms with van der Waals surface area (Å²) in [6, 6.07) is 7.40. The van der Waals surface area contributed by atoms with Crippen LogP contribution in [0.25, 0.3) is 0 Å². The van der Waals surface area contributed by atoms with E-state index in [2.05, 4.69) is 16.0 Å². The second-order valence-corrected chi connectivity index (χ2v) is 3.76. The summed E-state index contributed by atoms with van der Waals surface area (Å²) in [6.45, 7) is 0. The Balaban J connectivity index is 2.11. The van der Waals surface area contributed by atoms with Crippen LogP contribution in [0.3, 0.4) is 0 Å². The smallest absolute Gasteiger partial charge is 0.227 e. The van der Waals surface area contributed by atoms with Gasteiger partial charge in [-0.1, -0.05) is 6.07 Å². The Bertz CT molecular complexity index is 645. The summed E-state index contributed by atoms with van der Waals surface area (Å²) in [5.74, 6) is 1.57. The molecule has 0 atom stereocenters. The second-order valence-electron chi connectivity index (χ2n) is 3.76. The van der Waals surface area contributed by atoms with Gasteiger partial charge in [0.2, 0.25) is 5.88 Å². The van der Waals surface area contributed by atoms with Crippen molar-refractivity contribution in [1.82, 2.24) is 9.97 Å². The maximum atomic E-state index is 8.83. The third-order valence-electron chi connectivity index (χ3n) is 2.71. The minimum absolute atomic E-state index is 0.435. The van der Waals surface area contributed by atoms with Gasteiger partial charge in [-0.05, 0) is 17.7 Å². The minimum Gasteiger partial charge on any atom is -0.438 e. The minimum atomic E-state index is 0.435. The Morgan fingerprint density at radius 3 is 3.06 bits per heavy atom. The van der Waals surface area contributed by atoms with E-state index in [0.29, 0.717) is 29.4 Å². The molecule has 17 heavy (non-hydrogen) atoms. The summed E-state index contributed by atoms with van der Waals surface area (Å²) in [5, 5.41) is 8.83. The van der Waals surface area contributed by atoms with Crippen LogP contribution in [0.2, 0.25) is 0 Å². The number of rotatable bonds is 0. The molecule has 0 aliphatic carbocycles. The SMILES string of the molecule is N#Cc1ccc2c(c1)Oc1ncnc(N)c1C2. The van der Waals surface area contributed by atoms with Gasteiger partial charge in [0.15, 0.2) is 0 Å². The molecule has 0 spiro atoms. The third kappa shape index (κ3) is 1.47. The van der Waals surface area contributed by atoms with Gasteiger partial charge in [0.1, 0.15) is 17.9 Å². The highest BCUT2D eigenvalue weighted by molar-refractivity contribution is 5.56. The molecule has 0 amide bonds. The maximum absolute atomic E-state index is 8.83. The Hall–Kier alpha value is -2.61. The van der Waals surface area contributed by atoms with Crippen molar-refractivity contribution < 1.29 is 4.74 Å². The number of fused-ring (bicyclic) bond motifs is 2. The van der Waals surface area contributed by atoms with E-state index < -0.39 is 0 Å². The molecule has 2 aromatic rings. The molecule has 5 heteroatoms. The number of anilines is 1. The lowest BCUT2D eigenvalue weighted by atomic mass is 10.0. The number of nitrogens with zero attached hydrogens (tertiary/aromatic N) is 3. The van der Waals surface area contributed by atoms with Gasteiger partial charge in [-0.25, -0.2) is 9.97 Å². The zero-order chi connectivity index (χ0) is 11.8. The summed E-state index contributed by atoms with van der Waals surface area (Å²) >= 11 is 0. The van der Waals surface area contributed by atoms with E-state index in [1.807, 2.05) is 6.07 Å².